The molecule has 1 aliphatic rings. The molecule has 1 amide bonds. The fourth-order valence-corrected chi connectivity index (χ4v) is 2.15. The number of benzene rings is 1. The van der Waals surface area contributed by atoms with Crippen molar-refractivity contribution in [3.8, 4) is 0 Å². The first-order valence-electron chi connectivity index (χ1n) is 6.25. The Balaban J connectivity index is 1.79. The largest absolute Gasteiger partial charge is 0.446 e. The number of aromatic nitrogens is 1. The standard InChI is InChI=1S/C14H13ClN2O2/c15-11-8-9-4-1-2-7-12(9)16-13(11)17-14(18)19-10-5-3-6-10/h1-2,4,7-8,10H,3,5-6H2,(H,16,17,18). The van der Waals surface area contributed by atoms with Crippen molar-refractivity contribution in [2.75, 3.05) is 5.32 Å². The number of hydrogen-bond donors (Lipinski definition) is 1. The SMILES string of the molecule is O=C(Nc1nc2ccccc2cc1Cl)OC1CCC1. The van der Waals surface area contributed by atoms with Gasteiger partial charge in [0.1, 0.15) is 6.10 Å². The summed E-state index contributed by atoms with van der Waals surface area (Å²) in [5.41, 5.74) is 0.783. The van der Waals surface area contributed by atoms with Crippen LogP contribution in [0.5, 0.6) is 0 Å². The molecule has 1 heterocycles. The molecule has 0 spiro atoms. The van der Waals surface area contributed by atoms with E-state index in [-0.39, 0.29) is 6.10 Å². The summed E-state index contributed by atoms with van der Waals surface area (Å²) in [6, 6.07) is 9.37. The normalized spacial score (nSPS) is 15.0. The molecule has 5 heteroatoms. The van der Waals surface area contributed by atoms with Crippen molar-refractivity contribution in [3.05, 3.63) is 35.4 Å². The van der Waals surface area contributed by atoms with Crippen LogP contribution in [0.4, 0.5) is 10.6 Å². The van der Waals surface area contributed by atoms with Gasteiger partial charge in [0.25, 0.3) is 0 Å². The Labute approximate surface area is 115 Å². The Bertz CT molecular complexity index is 626. The minimum atomic E-state index is -0.491. The Kier molecular flexibility index (Phi) is 3.25. The molecular formula is C14H13ClN2O2. The number of nitrogens with one attached hydrogen (secondary N) is 1. The number of ether oxygens (including phenoxy) is 1. The number of halogens is 1. The van der Waals surface area contributed by atoms with Gasteiger partial charge in [-0.2, -0.15) is 0 Å². The zero-order valence-corrected chi connectivity index (χ0v) is 11.0. The van der Waals surface area contributed by atoms with Crippen LogP contribution in [-0.4, -0.2) is 17.2 Å². The number of para-hydroxylation sites is 1. The van der Waals surface area contributed by atoms with E-state index in [1.807, 2.05) is 24.3 Å². The molecule has 0 saturated heterocycles. The Morgan fingerprint density at radius 3 is 2.89 bits per heavy atom. The lowest BCUT2D eigenvalue weighted by Gasteiger charge is -2.25. The van der Waals surface area contributed by atoms with Gasteiger partial charge in [0.05, 0.1) is 10.5 Å². The van der Waals surface area contributed by atoms with E-state index in [0.29, 0.717) is 10.8 Å². The Morgan fingerprint density at radius 1 is 1.37 bits per heavy atom. The average molecular weight is 277 g/mol. The third-order valence-corrected chi connectivity index (χ3v) is 3.51. The van der Waals surface area contributed by atoms with Gasteiger partial charge in [-0.25, -0.2) is 9.78 Å². The smallest absolute Gasteiger partial charge is 0.413 e. The highest BCUT2D eigenvalue weighted by Gasteiger charge is 2.22. The van der Waals surface area contributed by atoms with Gasteiger partial charge in [-0.15, -0.1) is 0 Å². The van der Waals surface area contributed by atoms with E-state index in [0.717, 1.165) is 30.2 Å². The summed E-state index contributed by atoms with van der Waals surface area (Å²) in [4.78, 5) is 16.0. The molecular weight excluding hydrogens is 264 g/mol. The minimum Gasteiger partial charge on any atom is -0.446 e. The maximum Gasteiger partial charge on any atom is 0.413 e. The van der Waals surface area contributed by atoms with Crippen molar-refractivity contribution < 1.29 is 9.53 Å². The van der Waals surface area contributed by atoms with Crippen LogP contribution >= 0.6 is 11.6 Å². The van der Waals surface area contributed by atoms with Gasteiger partial charge in [0, 0.05) is 5.39 Å². The molecule has 19 heavy (non-hydrogen) atoms. The van der Waals surface area contributed by atoms with Gasteiger partial charge in [-0.3, -0.25) is 5.32 Å². The molecule has 0 aliphatic heterocycles. The minimum absolute atomic E-state index is 0.0410. The molecule has 1 aliphatic carbocycles. The van der Waals surface area contributed by atoms with Gasteiger partial charge in [-0.1, -0.05) is 29.8 Å². The van der Waals surface area contributed by atoms with Crippen LogP contribution in [0.15, 0.2) is 30.3 Å². The summed E-state index contributed by atoms with van der Waals surface area (Å²) >= 11 is 6.10. The number of fused-ring (bicyclic) bond motifs is 1. The number of nitrogens with zero attached hydrogens (tertiary/aromatic N) is 1. The lowest BCUT2D eigenvalue weighted by molar-refractivity contribution is 0.0623. The number of pyridine rings is 1. The van der Waals surface area contributed by atoms with Crippen molar-refractivity contribution in [1.82, 2.24) is 4.98 Å². The van der Waals surface area contributed by atoms with Gasteiger partial charge in [-0.05, 0) is 31.4 Å². The van der Waals surface area contributed by atoms with E-state index in [2.05, 4.69) is 10.3 Å². The highest BCUT2D eigenvalue weighted by atomic mass is 35.5. The van der Waals surface area contributed by atoms with Crippen LogP contribution in [0.3, 0.4) is 0 Å². The molecule has 1 saturated carbocycles. The summed E-state index contributed by atoms with van der Waals surface area (Å²) in [5.74, 6) is 0.338. The fraction of sp³-hybridized carbons (Fsp3) is 0.286. The van der Waals surface area contributed by atoms with E-state index in [1.165, 1.54) is 0 Å². The monoisotopic (exact) mass is 276 g/mol. The highest BCUT2D eigenvalue weighted by molar-refractivity contribution is 6.34. The Morgan fingerprint density at radius 2 is 2.16 bits per heavy atom. The van der Waals surface area contributed by atoms with Crippen molar-refractivity contribution in [2.45, 2.75) is 25.4 Å². The van der Waals surface area contributed by atoms with Gasteiger partial charge < -0.3 is 4.74 Å². The maximum absolute atomic E-state index is 11.7. The van der Waals surface area contributed by atoms with E-state index >= 15 is 0 Å². The zero-order chi connectivity index (χ0) is 13.2. The second-order valence-corrected chi connectivity index (χ2v) is 5.00. The van der Waals surface area contributed by atoms with E-state index in [9.17, 15) is 4.79 Å². The molecule has 1 N–H and O–H groups in total. The Hall–Kier alpha value is -1.81. The first-order valence-corrected chi connectivity index (χ1v) is 6.63. The molecule has 0 radical (unpaired) electrons. The summed E-state index contributed by atoms with van der Waals surface area (Å²) in [5, 5.41) is 3.94. The molecule has 1 aromatic heterocycles. The molecule has 0 unspecified atom stereocenters. The maximum atomic E-state index is 11.7. The predicted octanol–water partition coefficient (Wildman–Crippen LogP) is 3.99. The van der Waals surface area contributed by atoms with Crippen LogP contribution in [0.25, 0.3) is 10.9 Å². The van der Waals surface area contributed by atoms with E-state index in [4.69, 9.17) is 16.3 Å². The van der Waals surface area contributed by atoms with Crippen molar-refractivity contribution in [3.63, 3.8) is 0 Å². The lowest BCUT2D eigenvalue weighted by atomic mass is 9.96. The second-order valence-electron chi connectivity index (χ2n) is 4.59. The quantitative estimate of drug-likeness (QED) is 0.902. The topological polar surface area (TPSA) is 51.2 Å². The predicted molar refractivity (Wildman–Crippen MR) is 74.5 cm³/mol. The third-order valence-electron chi connectivity index (χ3n) is 3.22. The van der Waals surface area contributed by atoms with Crippen molar-refractivity contribution >= 4 is 34.4 Å². The summed E-state index contributed by atoms with van der Waals surface area (Å²) in [6.45, 7) is 0. The highest BCUT2D eigenvalue weighted by Crippen LogP contribution is 2.26. The van der Waals surface area contributed by atoms with Crippen LogP contribution in [0.2, 0.25) is 5.02 Å². The van der Waals surface area contributed by atoms with Gasteiger partial charge >= 0.3 is 6.09 Å². The third kappa shape index (κ3) is 2.63. The molecule has 3 rings (SSSR count). The second kappa shape index (κ2) is 5.05. The van der Waals surface area contributed by atoms with Crippen molar-refractivity contribution in [2.24, 2.45) is 0 Å². The molecule has 2 aromatic rings. The number of carbonyl (C=O) groups excluding carboxylic acids is 1. The molecule has 98 valence electrons. The number of amides is 1. The van der Waals surface area contributed by atoms with Crippen LogP contribution in [0, 0.1) is 0 Å². The first kappa shape index (κ1) is 12.2. The summed E-state index contributed by atoms with van der Waals surface area (Å²) in [6.07, 6.45) is 2.54. The molecule has 1 aromatic carbocycles. The molecule has 1 fully saturated rings. The molecule has 0 atom stereocenters. The number of carbonyl (C=O) groups is 1. The first-order chi connectivity index (χ1) is 9.22. The van der Waals surface area contributed by atoms with E-state index in [1.54, 1.807) is 6.07 Å². The van der Waals surface area contributed by atoms with Gasteiger partial charge in [0.2, 0.25) is 0 Å². The summed E-state index contributed by atoms with van der Waals surface area (Å²) in [7, 11) is 0. The van der Waals surface area contributed by atoms with Crippen LogP contribution < -0.4 is 5.32 Å². The lowest BCUT2D eigenvalue weighted by Crippen LogP contribution is -2.28. The van der Waals surface area contributed by atoms with Crippen molar-refractivity contribution in [1.29, 1.82) is 0 Å². The summed E-state index contributed by atoms with van der Waals surface area (Å²) < 4.78 is 5.21. The van der Waals surface area contributed by atoms with E-state index < -0.39 is 6.09 Å². The van der Waals surface area contributed by atoms with Gasteiger partial charge in [0.15, 0.2) is 5.82 Å². The molecule has 4 nitrogen and oxygen atoms in total. The molecule has 0 bridgehead atoms. The number of rotatable bonds is 2. The zero-order valence-electron chi connectivity index (χ0n) is 10.2. The number of hydrogen-bond acceptors (Lipinski definition) is 3. The van der Waals surface area contributed by atoms with Crippen LogP contribution in [0.1, 0.15) is 19.3 Å². The fourth-order valence-electron chi connectivity index (χ4n) is 1.94. The van der Waals surface area contributed by atoms with Crippen LogP contribution in [-0.2, 0) is 4.74 Å². The number of anilines is 1. The average Bonchev–Trinajstić information content (AvgIpc) is 2.35.